The van der Waals surface area contributed by atoms with Gasteiger partial charge in [0.1, 0.15) is 6.10 Å². The van der Waals surface area contributed by atoms with Crippen molar-refractivity contribution >= 4 is 5.97 Å². The van der Waals surface area contributed by atoms with Crippen molar-refractivity contribution in [2.24, 2.45) is 0 Å². The van der Waals surface area contributed by atoms with Crippen LogP contribution in [0.1, 0.15) is 19.8 Å². The monoisotopic (exact) mass is 188 g/mol. The lowest BCUT2D eigenvalue weighted by Crippen LogP contribution is -2.46. The first-order valence-corrected chi connectivity index (χ1v) is 4.31. The van der Waals surface area contributed by atoms with Crippen LogP contribution in [0.4, 0.5) is 0 Å². The Labute approximate surface area is 78.8 Å². The second-order valence-corrected chi connectivity index (χ2v) is 2.65. The fourth-order valence-corrected chi connectivity index (χ4v) is 1.04. The van der Waals surface area contributed by atoms with Crippen LogP contribution >= 0.6 is 0 Å². The molecule has 4 heteroatoms. The van der Waals surface area contributed by atoms with Gasteiger partial charge in [0, 0.05) is 13.7 Å². The van der Waals surface area contributed by atoms with E-state index < -0.39 is 18.2 Å². The number of rotatable bonds is 7. The first-order valence-electron chi connectivity index (χ1n) is 4.31. The Balaban J connectivity index is 4.12. The molecule has 78 valence electrons. The zero-order chi connectivity index (χ0) is 10.3. The largest absolute Gasteiger partial charge is 0.547 e. The van der Waals surface area contributed by atoms with Gasteiger partial charge in [-0.3, -0.25) is 0 Å². The van der Waals surface area contributed by atoms with Crippen molar-refractivity contribution in [2.45, 2.75) is 32.0 Å². The van der Waals surface area contributed by atoms with Crippen molar-refractivity contribution in [1.82, 2.24) is 0 Å². The molecule has 0 aromatic heterocycles. The van der Waals surface area contributed by atoms with Crippen molar-refractivity contribution in [3.63, 3.8) is 0 Å². The standard InChI is InChI=1S/C9H17O4/c1-4-6-13-8(9(10)11)7(5-2)12-3/h7-8H,1,4-6H2,2-3H3,(H,10,11)/q-1/p-1. The summed E-state index contributed by atoms with van der Waals surface area (Å²) in [5, 5.41) is 10.6. The highest BCUT2D eigenvalue weighted by Crippen LogP contribution is 2.07. The molecule has 0 aliphatic carbocycles. The fourth-order valence-electron chi connectivity index (χ4n) is 1.04. The lowest BCUT2D eigenvalue weighted by Gasteiger charge is -2.26. The summed E-state index contributed by atoms with van der Waals surface area (Å²) >= 11 is 0. The second kappa shape index (κ2) is 6.86. The average Bonchev–Trinajstić information content (AvgIpc) is 2.11. The van der Waals surface area contributed by atoms with Crippen LogP contribution in [0.25, 0.3) is 0 Å². The number of methoxy groups -OCH3 is 1. The van der Waals surface area contributed by atoms with Crippen molar-refractivity contribution < 1.29 is 19.4 Å². The molecular weight excluding hydrogens is 172 g/mol. The van der Waals surface area contributed by atoms with Crippen LogP contribution in [0.2, 0.25) is 0 Å². The van der Waals surface area contributed by atoms with Gasteiger partial charge in [-0.15, -0.1) is 0 Å². The minimum Gasteiger partial charge on any atom is -0.547 e. The van der Waals surface area contributed by atoms with Crippen molar-refractivity contribution in [2.75, 3.05) is 13.7 Å². The summed E-state index contributed by atoms with van der Waals surface area (Å²) in [5.74, 6) is -1.23. The number of carboxylic acid groups (broad SMARTS) is 1. The number of aliphatic carboxylic acids is 1. The first-order chi connectivity index (χ1) is 6.17. The summed E-state index contributed by atoms with van der Waals surface area (Å²) in [4.78, 5) is 10.6. The van der Waals surface area contributed by atoms with E-state index in [4.69, 9.17) is 9.47 Å². The molecule has 0 saturated heterocycles. The molecule has 13 heavy (non-hydrogen) atoms. The molecule has 0 aromatic rings. The SMILES string of the molecule is [CH2-]CCOC(C(=O)[O-])C(CC)OC. The molecule has 4 nitrogen and oxygen atoms in total. The quantitative estimate of drug-likeness (QED) is 0.518. The van der Waals surface area contributed by atoms with Crippen LogP contribution in [-0.4, -0.2) is 31.9 Å². The van der Waals surface area contributed by atoms with Crippen LogP contribution in [0.15, 0.2) is 0 Å². The molecule has 0 N–H and O–H groups in total. The molecule has 0 heterocycles. The van der Waals surface area contributed by atoms with Gasteiger partial charge in [0.15, 0.2) is 0 Å². The Morgan fingerprint density at radius 3 is 2.54 bits per heavy atom. The second-order valence-electron chi connectivity index (χ2n) is 2.65. The van der Waals surface area contributed by atoms with Gasteiger partial charge in [0.2, 0.25) is 0 Å². The highest BCUT2D eigenvalue weighted by atomic mass is 16.6. The third kappa shape index (κ3) is 4.24. The summed E-state index contributed by atoms with van der Waals surface area (Å²) in [6.45, 7) is 5.68. The molecule has 2 unspecified atom stereocenters. The smallest absolute Gasteiger partial charge is 0.123 e. The van der Waals surface area contributed by atoms with Gasteiger partial charge in [0.05, 0.1) is 12.1 Å². The lowest BCUT2D eigenvalue weighted by molar-refractivity contribution is -0.321. The minimum absolute atomic E-state index is 0.304. The van der Waals surface area contributed by atoms with E-state index in [9.17, 15) is 9.90 Å². The van der Waals surface area contributed by atoms with Crippen molar-refractivity contribution in [3.8, 4) is 0 Å². The Morgan fingerprint density at radius 1 is 1.62 bits per heavy atom. The number of hydrogen-bond donors (Lipinski definition) is 0. The zero-order valence-electron chi connectivity index (χ0n) is 8.12. The van der Waals surface area contributed by atoms with E-state index in [1.54, 1.807) is 0 Å². The van der Waals surface area contributed by atoms with Crippen LogP contribution in [-0.2, 0) is 14.3 Å². The minimum atomic E-state index is -1.23. The number of hydrogen-bond acceptors (Lipinski definition) is 4. The maximum absolute atomic E-state index is 10.6. The molecule has 0 rings (SSSR count). The first kappa shape index (κ1) is 12.4. The zero-order valence-corrected chi connectivity index (χ0v) is 8.12. The molecule has 0 aliphatic heterocycles. The van der Waals surface area contributed by atoms with Gasteiger partial charge >= 0.3 is 0 Å². The molecule has 0 spiro atoms. The molecule has 0 bridgehead atoms. The van der Waals surface area contributed by atoms with Crippen molar-refractivity contribution in [1.29, 1.82) is 0 Å². The number of ether oxygens (including phenoxy) is 2. The maximum atomic E-state index is 10.6. The summed E-state index contributed by atoms with van der Waals surface area (Å²) < 4.78 is 10.0. The third-order valence-electron chi connectivity index (χ3n) is 1.72. The number of carboxylic acids is 1. The average molecular weight is 188 g/mol. The van der Waals surface area contributed by atoms with Crippen molar-refractivity contribution in [3.05, 3.63) is 6.92 Å². The Kier molecular flexibility index (Phi) is 6.54. The summed E-state index contributed by atoms with van der Waals surface area (Å²) in [5.41, 5.74) is 0. The molecule has 0 amide bonds. The highest BCUT2D eigenvalue weighted by Gasteiger charge is 2.20. The predicted molar refractivity (Wildman–Crippen MR) is 45.8 cm³/mol. The number of carbonyl (C=O) groups excluding carboxylic acids is 1. The molecular formula is C9H16O4-2. The molecule has 0 fully saturated rings. The van der Waals surface area contributed by atoms with Gasteiger partial charge in [0.25, 0.3) is 0 Å². The Morgan fingerprint density at radius 2 is 2.23 bits per heavy atom. The summed E-state index contributed by atoms with van der Waals surface area (Å²) in [6, 6.07) is 0. The lowest BCUT2D eigenvalue weighted by atomic mass is 10.1. The molecule has 0 saturated carbocycles. The van der Waals surface area contributed by atoms with Crippen LogP contribution in [0.5, 0.6) is 0 Å². The Bertz CT molecular complexity index is 143. The summed E-state index contributed by atoms with van der Waals surface area (Å²) in [6.07, 6.45) is -0.329. The predicted octanol–water partition coefficient (Wildman–Crippen LogP) is -0.229. The fraction of sp³-hybridized carbons (Fsp3) is 0.778. The van der Waals surface area contributed by atoms with E-state index in [2.05, 4.69) is 6.92 Å². The Hall–Kier alpha value is -0.610. The van der Waals surface area contributed by atoms with Gasteiger partial charge in [-0.25, -0.2) is 0 Å². The van der Waals surface area contributed by atoms with E-state index in [0.717, 1.165) is 0 Å². The van der Waals surface area contributed by atoms with Gasteiger partial charge < -0.3 is 26.3 Å². The van der Waals surface area contributed by atoms with Crippen LogP contribution in [0.3, 0.4) is 0 Å². The van der Waals surface area contributed by atoms with Gasteiger partial charge in [-0.2, -0.15) is 6.42 Å². The van der Waals surface area contributed by atoms with Crippen LogP contribution in [0, 0.1) is 6.92 Å². The van der Waals surface area contributed by atoms with E-state index in [-0.39, 0.29) is 0 Å². The normalized spacial score (nSPS) is 15.3. The maximum Gasteiger partial charge on any atom is 0.123 e. The van der Waals surface area contributed by atoms with Gasteiger partial charge in [-0.1, -0.05) is 6.92 Å². The van der Waals surface area contributed by atoms with Crippen LogP contribution < -0.4 is 5.11 Å². The van der Waals surface area contributed by atoms with Gasteiger partial charge in [-0.05, 0) is 6.42 Å². The third-order valence-corrected chi connectivity index (χ3v) is 1.72. The number of carbonyl (C=O) groups is 1. The topological polar surface area (TPSA) is 58.6 Å². The van der Waals surface area contributed by atoms with E-state index in [1.807, 2.05) is 6.92 Å². The summed E-state index contributed by atoms with van der Waals surface area (Å²) in [7, 11) is 1.46. The van der Waals surface area contributed by atoms with E-state index in [1.165, 1.54) is 7.11 Å². The van der Waals surface area contributed by atoms with E-state index >= 15 is 0 Å². The molecule has 0 aromatic carbocycles. The molecule has 0 radical (unpaired) electrons. The highest BCUT2D eigenvalue weighted by molar-refractivity contribution is 5.70. The molecule has 2 atom stereocenters. The molecule has 0 aliphatic rings. The van der Waals surface area contributed by atoms with E-state index in [0.29, 0.717) is 19.4 Å².